The number of ether oxygens (including phenoxy) is 2. The molecule has 1 atom stereocenters. The van der Waals surface area contributed by atoms with E-state index in [0.717, 1.165) is 18.7 Å². The van der Waals surface area contributed by atoms with Crippen molar-refractivity contribution in [2.45, 2.75) is 26.3 Å². The lowest BCUT2D eigenvalue weighted by Crippen LogP contribution is -2.19. The van der Waals surface area contributed by atoms with Gasteiger partial charge in [-0.1, -0.05) is 0 Å². The monoisotopic (exact) mass is 225 g/mol. The topological polar surface area (TPSA) is 56.3 Å². The van der Waals surface area contributed by atoms with Crippen molar-refractivity contribution >= 4 is 5.95 Å². The molecule has 0 saturated carbocycles. The van der Waals surface area contributed by atoms with Crippen LogP contribution in [0.2, 0.25) is 0 Å². The van der Waals surface area contributed by atoms with E-state index in [4.69, 9.17) is 9.47 Å². The summed E-state index contributed by atoms with van der Waals surface area (Å²) in [4.78, 5) is 8.50. The van der Waals surface area contributed by atoms with Crippen LogP contribution in [-0.2, 0) is 4.74 Å². The van der Waals surface area contributed by atoms with Gasteiger partial charge in [0.05, 0.1) is 7.11 Å². The van der Waals surface area contributed by atoms with Gasteiger partial charge in [0, 0.05) is 31.5 Å². The minimum atomic E-state index is 0.270. The van der Waals surface area contributed by atoms with Crippen LogP contribution in [0.5, 0.6) is 5.88 Å². The number of aryl methyl sites for hydroxylation is 1. The molecule has 1 rings (SSSR count). The lowest BCUT2D eigenvalue weighted by molar-refractivity contribution is 0.191. The summed E-state index contributed by atoms with van der Waals surface area (Å²) in [5.74, 6) is 1.18. The van der Waals surface area contributed by atoms with Gasteiger partial charge in [-0.05, 0) is 20.3 Å². The molecule has 0 fully saturated rings. The number of nitrogens with one attached hydrogen (secondary N) is 1. The molecule has 0 aromatic carbocycles. The highest BCUT2D eigenvalue weighted by Gasteiger charge is 2.06. The van der Waals surface area contributed by atoms with Crippen molar-refractivity contribution in [3.63, 3.8) is 0 Å². The summed E-state index contributed by atoms with van der Waals surface area (Å²) in [6.45, 7) is 4.70. The molecule has 1 N–H and O–H groups in total. The van der Waals surface area contributed by atoms with E-state index in [1.54, 1.807) is 20.3 Å². The van der Waals surface area contributed by atoms with E-state index < -0.39 is 0 Å². The van der Waals surface area contributed by atoms with Gasteiger partial charge < -0.3 is 14.8 Å². The number of nitrogens with zero attached hydrogens (tertiary/aromatic N) is 2. The average molecular weight is 225 g/mol. The predicted molar refractivity (Wildman–Crippen MR) is 62.9 cm³/mol. The molecule has 0 amide bonds. The molecule has 1 aromatic heterocycles. The van der Waals surface area contributed by atoms with E-state index in [-0.39, 0.29) is 6.04 Å². The predicted octanol–water partition coefficient (Wildman–Crippen LogP) is 1.63. The first kappa shape index (κ1) is 12.7. The fourth-order valence-electron chi connectivity index (χ4n) is 1.30. The molecule has 0 aliphatic carbocycles. The van der Waals surface area contributed by atoms with Crippen LogP contribution in [0.4, 0.5) is 5.95 Å². The molecule has 0 bridgehead atoms. The molecule has 1 heterocycles. The lowest BCUT2D eigenvalue weighted by Gasteiger charge is -2.13. The molecule has 0 spiro atoms. The smallest absolute Gasteiger partial charge is 0.226 e. The van der Waals surface area contributed by atoms with Gasteiger partial charge >= 0.3 is 0 Å². The fourth-order valence-corrected chi connectivity index (χ4v) is 1.30. The van der Waals surface area contributed by atoms with Crippen LogP contribution in [0.15, 0.2) is 6.07 Å². The standard InChI is InChI=1S/C11H19N3O2/c1-8(5-6-15-3)12-11-13-9(2)7-10(14-11)16-4/h7-8H,5-6H2,1-4H3,(H,12,13,14). The maximum atomic E-state index is 5.08. The van der Waals surface area contributed by atoms with E-state index >= 15 is 0 Å². The third kappa shape index (κ3) is 4.02. The quantitative estimate of drug-likeness (QED) is 0.797. The number of anilines is 1. The van der Waals surface area contributed by atoms with Gasteiger partial charge in [0.25, 0.3) is 0 Å². The Morgan fingerprint density at radius 1 is 1.38 bits per heavy atom. The number of rotatable bonds is 6. The van der Waals surface area contributed by atoms with Crippen molar-refractivity contribution in [3.8, 4) is 5.88 Å². The first-order valence-electron chi connectivity index (χ1n) is 5.31. The number of methoxy groups -OCH3 is 2. The summed E-state index contributed by atoms with van der Waals surface area (Å²) in [6, 6.07) is 2.07. The molecular weight excluding hydrogens is 206 g/mol. The molecule has 16 heavy (non-hydrogen) atoms. The molecule has 0 aliphatic rings. The number of aromatic nitrogens is 2. The Balaban J connectivity index is 2.61. The average Bonchev–Trinajstić information content (AvgIpc) is 2.25. The summed E-state index contributed by atoms with van der Waals surface area (Å²) in [7, 11) is 3.29. The lowest BCUT2D eigenvalue weighted by atomic mass is 10.2. The SMILES string of the molecule is COCCC(C)Nc1nc(C)cc(OC)n1. The highest BCUT2D eigenvalue weighted by atomic mass is 16.5. The molecule has 5 nitrogen and oxygen atoms in total. The van der Waals surface area contributed by atoms with Crippen molar-refractivity contribution in [3.05, 3.63) is 11.8 Å². The van der Waals surface area contributed by atoms with E-state index in [0.29, 0.717) is 11.8 Å². The minimum absolute atomic E-state index is 0.270. The summed E-state index contributed by atoms with van der Waals surface area (Å²) >= 11 is 0. The Kier molecular flexibility index (Phi) is 4.98. The Morgan fingerprint density at radius 3 is 2.75 bits per heavy atom. The summed E-state index contributed by atoms with van der Waals surface area (Å²) in [5, 5.41) is 3.21. The van der Waals surface area contributed by atoms with Crippen LogP contribution in [0, 0.1) is 6.92 Å². The first-order valence-corrected chi connectivity index (χ1v) is 5.31. The first-order chi connectivity index (χ1) is 7.65. The second-order valence-corrected chi connectivity index (χ2v) is 3.70. The molecule has 0 saturated heterocycles. The second kappa shape index (κ2) is 6.27. The molecule has 1 aromatic rings. The Labute approximate surface area is 96.2 Å². The normalized spacial score (nSPS) is 12.2. The zero-order chi connectivity index (χ0) is 12.0. The van der Waals surface area contributed by atoms with Crippen LogP contribution in [-0.4, -0.2) is 36.8 Å². The number of hydrogen-bond donors (Lipinski definition) is 1. The Morgan fingerprint density at radius 2 is 2.12 bits per heavy atom. The molecule has 5 heteroatoms. The molecule has 1 unspecified atom stereocenters. The molecule has 90 valence electrons. The third-order valence-electron chi connectivity index (χ3n) is 2.17. The van der Waals surface area contributed by atoms with Crippen LogP contribution in [0.3, 0.4) is 0 Å². The highest BCUT2D eigenvalue weighted by molar-refractivity contribution is 5.31. The van der Waals surface area contributed by atoms with Gasteiger partial charge in [0.1, 0.15) is 0 Å². The Hall–Kier alpha value is -1.36. The van der Waals surface area contributed by atoms with Gasteiger partial charge in [-0.3, -0.25) is 0 Å². The zero-order valence-corrected chi connectivity index (χ0v) is 10.3. The third-order valence-corrected chi connectivity index (χ3v) is 2.17. The van der Waals surface area contributed by atoms with Gasteiger partial charge in [-0.25, -0.2) is 4.98 Å². The van der Waals surface area contributed by atoms with Crippen molar-refractivity contribution < 1.29 is 9.47 Å². The second-order valence-electron chi connectivity index (χ2n) is 3.70. The van der Waals surface area contributed by atoms with Gasteiger partial charge in [0.15, 0.2) is 0 Å². The minimum Gasteiger partial charge on any atom is -0.481 e. The van der Waals surface area contributed by atoms with E-state index in [2.05, 4.69) is 22.2 Å². The van der Waals surface area contributed by atoms with Gasteiger partial charge in [-0.15, -0.1) is 0 Å². The van der Waals surface area contributed by atoms with E-state index in [1.807, 2.05) is 6.92 Å². The van der Waals surface area contributed by atoms with Crippen molar-refractivity contribution in [2.24, 2.45) is 0 Å². The van der Waals surface area contributed by atoms with Crippen molar-refractivity contribution in [1.29, 1.82) is 0 Å². The molecular formula is C11H19N3O2. The maximum Gasteiger partial charge on any atom is 0.226 e. The summed E-state index contributed by atoms with van der Waals surface area (Å²) < 4.78 is 10.1. The Bertz CT molecular complexity index is 331. The zero-order valence-electron chi connectivity index (χ0n) is 10.3. The van der Waals surface area contributed by atoms with Gasteiger partial charge in [-0.2, -0.15) is 4.98 Å². The largest absolute Gasteiger partial charge is 0.481 e. The molecule has 0 aliphatic heterocycles. The van der Waals surface area contributed by atoms with Gasteiger partial charge in [0.2, 0.25) is 11.8 Å². The van der Waals surface area contributed by atoms with Crippen LogP contribution in [0.25, 0.3) is 0 Å². The van der Waals surface area contributed by atoms with Crippen LogP contribution in [0.1, 0.15) is 19.0 Å². The summed E-state index contributed by atoms with van der Waals surface area (Å²) in [6.07, 6.45) is 0.913. The highest BCUT2D eigenvalue weighted by Crippen LogP contribution is 2.12. The van der Waals surface area contributed by atoms with Crippen LogP contribution >= 0.6 is 0 Å². The van der Waals surface area contributed by atoms with Crippen molar-refractivity contribution in [2.75, 3.05) is 26.1 Å². The number of hydrogen-bond acceptors (Lipinski definition) is 5. The fraction of sp³-hybridized carbons (Fsp3) is 0.636. The van der Waals surface area contributed by atoms with Crippen LogP contribution < -0.4 is 10.1 Å². The van der Waals surface area contributed by atoms with E-state index in [9.17, 15) is 0 Å². The summed E-state index contributed by atoms with van der Waals surface area (Å²) in [5.41, 5.74) is 0.883. The van der Waals surface area contributed by atoms with Crippen molar-refractivity contribution in [1.82, 2.24) is 9.97 Å². The molecule has 0 radical (unpaired) electrons. The maximum absolute atomic E-state index is 5.08. The van der Waals surface area contributed by atoms with E-state index in [1.165, 1.54) is 0 Å².